The summed E-state index contributed by atoms with van der Waals surface area (Å²) in [6.07, 6.45) is 2.39. The molecule has 0 spiro atoms. The Bertz CT molecular complexity index is 1030. The molecule has 9 heteroatoms. The van der Waals surface area contributed by atoms with Crippen molar-refractivity contribution < 1.29 is 14.3 Å². The number of aromatic nitrogens is 2. The maximum absolute atomic E-state index is 12.9. The Kier molecular flexibility index (Phi) is 6.53. The first-order valence-corrected chi connectivity index (χ1v) is 9.82. The fraction of sp³-hybridized carbons (Fsp3) is 0.400. The number of hydrogen-bond acceptors (Lipinski definition) is 5. The number of piperidine rings is 1. The first kappa shape index (κ1) is 20.9. The summed E-state index contributed by atoms with van der Waals surface area (Å²) in [5.74, 6) is -1.28. The zero-order valence-electron chi connectivity index (χ0n) is 16.0. The number of nitrogens with one attached hydrogen (secondary N) is 1. The summed E-state index contributed by atoms with van der Waals surface area (Å²) in [4.78, 5) is 53.9. The molecule has 1 saturated heterocycles. The van der Waals surface area contributed by atoms with Crippen LogP contribution in [0.1, 0.15) is 35.7 Å². The van der Waals surface area contributed by atoms with E-state index in [1.807, 2.05) is 0 Å². The van der Waals surface area contributed by atoms with Crippen LogP contribution >= 0.6 is 11.6 Å². The number of likely N-dealkylation sites (tertiary alicyclic amines) is 1. The number of halogens is 1. The van der Waals surface area contributed by atoms with E-state index in [4.69, 9.17) is 16.3 Å². The van der Waals surface area contributed by atoms with Crippen molar-refractivity contribution in [3.05, 3.63) is 67.4 Å². The van der Waals surface area contributed by atoms with E-state index in [1.165, 1.54) is 4.90 Å². The van der Waals surface area contributed by atoms with Crippen LogP contribution in [0, 0.1) is 5.92 Å². The maximum atomic E-state index is 12.9. The van der Waals surface area contributed by atoms with E-state index >= 15 is 0 Å². The van der Waals surface area contributed by atoms with Gasteiger partial charge in [-0.05, 0) is 31.4 Å². The Labute approximate surface area is 172 Å². The second-order valence-corrected chi connectivity index (χ2v) is 7.24. The van der Waals surface area contributed by atoms with Gasteiger partial charge in [0.2, 0.25) is 0 Å². The van der Waals surface area contributed by atoms with Crippen molar-refractivity contribution in [2.24, 2.45) is 5.92 Å². The Morgan fingerprint density at radius 3 is 2.76 bits per heavy atom. The molecule has 1 amide bonds. The van der Waals surface area contributed by atoms with Crippen LogP contribution in [0.2, 0.25) is 5.02 Å². The molecular weight excluding hydrogens is 398 g/mol. The van der Waals surface area contributed by atoms with Gasteiger partial charge in [-0.3, -0.25) is 19.0 Å². The Morgan fingerprint density at radius 1 is 1.28 bits per heavy atom. The molecule has 3 rings (SSSR count). The van der Waals surface area contributed by atoms with E-state index in [9.17, 15) is 19.2 Å². The van der Waals surface area contributed by atoms with Crippen molar-refractivity contribution in [2.45, 2.75) is 26.3 Å². The molecule has 8 nitrogen and oxygen atoms in total. The predicted molar refractivity (Wildman–Crippen MR) is 107 cm³/mol. The van der Waals surface area contributed by atoms with Gasteiger partial charge in [0.05, 0.1) is 19.1 Å². The van der Waals surface area contributed by atoms with E-state index in [-0.39, 0.29) is 31.2 Å². The normalized spacial score (nSPS) is 16.5. The number of carbonyl (C=O) groups is 2. The molecule has 0 aliphatic carbocycles. The highest BCUT2D eigenvalue weighted by Crippen LogP contribution is 2.19. The lowest BCUT2D eigenvalue weighted by Crippen LogP contribution is -2.46. The average Bonchev–Trinajstić information content (AvgIpc) is 2.72. The third-order valence-electron chi connectivity index (χ3n) is 4.91. The zero-order valence-corrected chi connectivity index (χ0v) is 16.8. The van der Waals surface area contributed by atoms with Crippen LogP contribution in [0.3, 0.4) is 0 Å². The van der Waals surface area contributed by atoms with Gasteiger partial charge in [-0.1, -0.05) is 29.8 Å². The molecule has 0 bridgehead atoms. The minimum atomic E-state index is -0.697. The van der Waals surface area contributed by atoms with E-state index in [1.54, 1.807) is 31.2 Å². The maximum Gasteiger partial charge on any atom is 0.328 e. The quantitative estimate of drug-likeness (QED) is 0.742. The van der Waals surface area contributed by atoms with Crippen molar-refractivity contribution in [3.63, 3.8) is 0 Å². The molecule has 154 valence electrons. The molecule has 1 aromatic heterocycles. The molecule has 0 radical (unpaired) electrons. The molecule has 0 saturated carbocycles. The minimum Gasteiger partial charge on any atom is -0.466 e. The highest BCUT2D eigenvalue weighted by molar-refractivity contribution is 6.31. The third kappa shape index (κ3) is 4.59. The molecule has 1 unspecified atom stereocenters. The summed E-state index contributed by atoms with van der Waals surface area (Å²) in [5, 5.41) is 0.420. The van der Waals surface area contributed by atoms with Gasteiger partial charge in [0.1, 0.15) is 5.56 Å². The number of ether oxygens (including phenoxy) is 1. The second-order valence-electron chi connectivity index (χ2n) is 6.83. The topological polar surface area (TPSA) is 101 Å². The monoisotopic (exact) mass is 419 g/mol. The first-order chi connectivity index (χ1) is 13.9. The molecule has 1 aliphatic rings. The number of aromatic amines is 1. The third-order valence-corrected chi connectivity index (χ3v) is 5.27. The number of amides is 1. The van der Waals surface area contributed by atoms with Crippen molar-refractivity contribution in [1.29, 1.82) is 0 Å². The van der Waals surface area contributed by atoms with Gasteiger partial charge in [-0.2, -0.15) is 0 Å². The summed E-state index contributed by atoms with van der Waals surface area (Å²) >= 11 is 6.13. The molecule has 1 atom stereocenters. The molecule has 1 aromatic carbocycles. The molecule has 2 aromatic rings. The van der Waals surface area contributed by atoms with E-state index < -0.39 is 23.1 Å². The van der Waals surface area contributed by atoms with Gasteiger partial charge < -0.3 is 14.6 Å². The lowest BCUT2D eigenvalue weighted by Gasteiger charge is -2.31. The Balaban J connectivity index is 1.86. The van der Waals surface area contributed by atoms with Crippen LogP contribution in [0.15, 0.2) is 40.1 Å². The summed E-state index contributed by atoms with van der Waals surface area (Å²) < 4.78 is 5.99. The highest BCUT2D eigenvalue weighted by atomic mass is 35.5. The summed E-state index contributed by atoms with van der Waals surface area (Å²) in [6, 6.07) is 6.86. The molecule has 2 heterocycles. The van der Waals surface area contributed by atoms with Crippen LogP contribution in [0.25, 0.3) is 0 Å². The Hall–Kier alpha value is -2.87. The fourth-order valence-corrected chi connectivity index (χ4v) is 3.58. The van der Waals surface area contributed by atoms with Crippen molar-refractivity contribution in [2.75, 3.05) is 19.7 Å². The van der Waals surface area contributed by atoms with E-state index in [0.717, 1.165) is 10.8 Å². The van der Waals surface area contributed by atoms with Crippen molar-refractivity contribution in [3.8, 4) is 0 Å². The van der Waals surface area contributed by atoms with Crippen LogP contribution in [-0.4, -0.2) is 46.0 Å². The number of hydrogen-bond donors (Lipinski definition) is 1. The molecule has 1 aliphatic heterocycles. The second kappa shape index (κ2) is 9.09. The highest BCUT2D eigenvalue weighted by Gasteiger charge is 2.31. The van der Waals surface area contributed by atoms with Crippen LogP contribution < -0.4 is 11.2 Å². The van der Waals surface area contributed by atoms with Crippen LogP contribution in [0.5, 0.6) is 0 Å². The SMILES string of the molecule is CCOC(=O)C1CCCN(C(=O)c2c[nH]c(=O)n(Cc3ccccc3Cl)c2=O)C1. The molecule has 1 N–H and O–H groups in total. The number of esters is 1. The van der Waals surface area contributed by atoms with Crippen LogP contribution in [-0.2, 0) is 16.1 Å². The largest absolute Gasteiger partial charge is 0.466 e. The fourth-order valence-electron chi connectivity index (χ4n) is 3.39. The lowest BCUT2D eigenvalue weighted by molar-refractivity contribution is -0.149. The molecular formula is C20H22ClN3O5. The number of nitrogens with zero attached hydrogens (tertiary/aromatic N) is 2. The lowest BCUT2D eigenvalue weighted by atomic mass is 9.97. The summed E-state index contributed by atoms with van der Waals surface area (Å²) in [5.41, 5.74) is -0.890. The first-order valence-electron chi connectivity index (χ1n) is 9.44. The summed E-state index contributed by atoms with van der Waals surface area (Å²) in [7, 11) is 0. The number of benzene rings is 1. The average molecular weight is 420 g/mol. The predicted octanol–water partition coefficient (Wildman–Crippen LogP) is 1.65. The summed E-state index contributed by atoms with van der Waals surface area (Å²) in [6.45, 7) is 2.56. The van der Waals surface area contributed by atoms with Crippen LogP contribution in [0.4, 0.5) is 0 Å². The van der Waals surface area contributed by atoms with E-state index in [2.05, 4.69) is 4.98 Å². The smallest absolute Gasteiger partial charge is 0.328 e. The van der Waals surface area contributed by atoms with Gasteiger partial charge in [-0.25, -0.2) is 4.79 Å². The van der Waals surface area contributed by atoms with Crippen molar-refractivity contribution >= 4 is 23.5 Å². The molecule has 1 fully saturated rings. The number of H-pyrrole nitrogens is 1. The van der Waals surface area contributed by atoms with Gasteiger partial charge in [0, 0.05) is 24.3 Å². The molecule has 29 heavy (non-hydrogen) atoms. The number of carbonyl (C=O) groups excluding carboxylic acids is 2. The van der Waals surface area contributed by atoms with Gasteiger partial charge >= 0.3 is 11.7 Å². The Morgan fingerprint density at radius 2 is 2.03 bits per heavy atom. The number of rotatable bonds is 5. The zero-order chi connectivity index (χ0) is 21.0. The van der Waals surface area contributed by atoms with Crippen molar-refractivity contribution in [1.82, 2.24) is 14.5 Å². The van der Waals surface area contributed by atoms with E-state index in [0.29, 0.717) is 30.0 Å². The minimum absolute atomic E-state index is 0.0551. The van der Waals surface area contributed by atoms with Gasteiger partial charge in [0.25, 0.3) is 11.5 Å². The van der Waals surface area contributed by atoms with Gasteiger partial charge in [-0.15, -0.1) is 0 Å². The standard InChI is InChI=1S/C20H22ClN3O5/c1-2-29-19(27)14-7-5-9-23(11-14)17(25)15-10-22-20(28)24(18(15)26)12-13-6-3-4-8-16(13)21/h3-4,6,8,10,14H,2,5,7,9,11-12H2,1H3,(H,22,28). The van der Waals surface area contributed by atoms with Gasteiger partial charge in [0.15, 0.2) is 0 Å².